The summed E-state index contributed by atoms with van der Waals surface area (Å²) in [6, 6.07) is 12.4. The Labute approximate surface area is 171 Å². The van der Waals surface area contributed by atoms with E-state index < -0.39 is 0 Å². The normalized spacial score (nSPS) is 17.4. The molecule has 0 radical (unpaired) electrons. The quantitative estimate of drug-likeness (QED) is 0.739. The molecule has 7 heteroatoms. The van der Waals surface area contributed by atoms with Gasteiger partial charge in [0.15, 0.2) is 0 Å². The second-order valence-electron chi connectivity index (χ2n) is 7.65. The molecule has 29 heavy (non-hydrogen) atoms. The molecule has 2 fully saturated rings. The number of aromatic nitrogens is 1. The molecule has 2 aliphatic heterocycles. The number of anilines is 2. The Bertz CT molecular complexity index is 854. The SMILES string of the molecule is Cc1cccc(N2CCN(c3ccc(C(=O)N4CCN(C=O)CC4)nc3)CC2)c1. The lowest BCUT2D eigenvalue weighted by molar-refractivity contribution is -0.119. The number of nitrogens with zero attached hydrogens (tertiary/aromatic N) is 5. The summed E-state index contributed by atoms with van der Waals surface area (Å²) in [5.74, 6) is -0.0636. The van der Waals surface area contributed by atoms with Crippen molar-refractivity contribution < 1.29 is 9.59 Å². The van der Waals surface area contributed by atoms with E-state index in [0.717, 1.165) is 38.3 Å². The van der Waals surface area contributed by atoms with Crippen LogP contribution in [0.4, 0.5) is 11.4 Å². The molecule has 0 spiro atoms. The minimum atomic E-state index is -0.0636. The number of aryl methyl sites for hydroxylation is 1. The number of carbonyl (C=O) groups is 2. The number of pyridine rings is 1. The van der Waals surface area contributed by atoms with Crippen LogP contribution in [0, 0.1) is 6.92 Å². The predicted octanol–water partition coefficient (Wildman–Crippen LogP) is 1.63. The van der Waals surface area contributed by atoms with Crippen molar-refractivity contribution in [1.29, 1.82) is 0 Å². The van der Waals surface area contributed by atoms with E-state index in [1.807, 2.05) is 12.1 Å². The Balaban J connectivity index is 1.34. The topological polar surface area (TPSA) is 60.0 Å². The highest BCUT2D eigenvalue weighted by Gasteiger charge is 2.23. The fourth-order valence-corrected chi connectivity index (χ4v) is 3.94. The average molecular weight is 393 g/mol. The molecule has 0 unspecified atom stereocenters. The standard InChI is InChI=1S/C22H27N5O2/c1-18-3-2-4-19(15-18)25-11-13-26(14-12-25)20-5-6-21(23-16-20)22(29)27-9-7-24(17-28)8-10-27/h2-6,15-17H,7-14H2,1H3. The molecule has 2 aliphatic rings. The molecule has 0 atom stereocenters. The molecule has 0 saturated carbocycles. The molecular weight excluding hydrogens is 366 g/mol. The van der Waals surface area contributed by atoms with Gasteiger partial charge in [0.2, 0.25) is 6.41 Å². The Morgan fingerprint density at radius 2 is 1.59 bits per heavy atom. The van der Waals surface area contributed by atoms with Crippen LogP contribution in [0.1, 0.15) is 16.1 Å². The number of benzene rings is 1. The van der Waals surface area contributed by atoms with E-state index in [1.165, 1.54) is 11.3 Å². The molecule has 2 aromatic rings. The van der Waals surface area contributed by atoms with Crippen molar-refractivity contribution in [3.8, 4) is 0 Å². The highest BCUT2D eigenvalue weighted by molar-refractivity contribution is 5.92. The largest absolute Gasteiger partial charge is 0.368 e. The van der Waals surface area contributed by atoms with Gasteiger partial charge in [-0.05, 0) is 36.8 Å². The summed E-state index contributed by atoms with van der Waals surface area (Å²) in [7, 11) is 0. The molecule has 0 bridgehead atoms. The number of carbonyl (C=O) groups excluding carboxylic acids is 2. The molecule has 152 valence electrons. The van der Waals surface area contributed by atoms with Crippen molar-refractivity contribution in [3.05, 3.63) is 53.9 Å². The van der Waals surface area contributed by atoms with Crippen LogP contribution in [-0.2, 0) is 4.79 Å². The Hall–Kier alpha value is -3.09. The van der Waals surface area contributed by atoms with Gasteiger partial charge >= 0.3 is 0 Å². The van der Waals surface area contributed by atoms with Crippen LogP contribution < -0.4 is 9.80 Å². The van der Waals surface area contributed by atoms with Gasteiger partial charge in [-0.1, -0.05) is 12.1 Å². The third-order valence-corrected chi connectivity index (χ3v) is 5.73. The Morgan fingerprint density at radius 1 is 0.897 bits per heavy atom. The van der Waals surface area contributed by atoms with E-state index in [4.69, 9.17) is 0 Å². The monoisotopic (exact) mass is 393 g/mol. The molecule has 1 aromatic carbocycles. The summed E-state index contributed by atoms with van der Waals surface area (Å²) in [5.41, 5.74) is 4.07. The first-order chi connectivity index (χ1) is 14.1. The predicted molar refractivity (Wildman–Crippen MR) is 113 cm³/mol. The van der Waals surface area contributed by atoms with E-state index in [-0.39, 0.29) is 5.91 Å². The van der Waals surface area contributed by atoms with Crippen molar-refractivity contribution in [2.75, 3.05) is 62.2 Å². The van der Waals surface area contributed by atoms with E-state index in [9.17, 15) is 9.59 Å². The van der Waals surface area contributed by atoms with Crippen LogP contribution in [-0.4, -0.2) is 79.5 Å². The zero-order chi connectivity index (χ0) is 20.2. The van der Waals surface area contributed by atoms with Crippen molar-refractivity contribution in [1.82, 2.24) is 14.8 Å². The lowest BCUT2D eigenvalue weighted by Gasteiger charge is -2.37. The van der Waals surface area contributed by atoms with Crippen LogP contribution >= 0.6 is 0 Å². The van der Waals surface area contributed by atoms with Crippen molar-refractivity contribution in [3.63, 3.8) is 0 Å². The number of amides is 2. The summed E-state index contributed by atoms with van der Waals surface area (Å²) in [5, 5.41) is 0. The first kappa shape index (κ1) is 19.2. The molecule has 1 aromatic heterocycles. The summed E-state index contributed by atoms with van der Waals surface area (Å²) in [4.78, 5) is 36.1. The van der Waals surface area contributed by atoms with E-state index in [0.29, 0.717) is 31.9 Å². The van der Waals surface area contributed by atoms with Crippen molar-refractivity contribution >= 4 is 23.7 Å². The zero-order valence-electron chi connectivity index (χ0n) is 16.8. The van der Waals surface area contributed by atoms with Crippen molar-refractivity contribution in [2.45, 2.75) is 6.92 Å². The number of hydrogen-bond donors (Lipinski definition) is 0. The van der Waals surface area contributed by atoms with Crippen LogP contribution in [0.2, 0.25) is 0 Å². The van der Waals surface area contributed by atoms with Gasteiger partial charge in [0.1, 0.15) is 5.69 Å². The fraction of sp³-hybridized carbons (Fsp3) is 0.409. The second kappa shape index (κ2) is 8.51. The van der Waals surface area contributed by atoms with Gasteiger partial charge in [-0.2, -0.15) is 0 Å². The van der Waals surface area contributed by atoms with E-state index >= 15 is 0 Å². The Kier molecular flexibility index (Phi) is 5.64. The van der Waals surface area contributed by atoms with Crippen LogP contribution in [0.3, 0.4) is 0 Å². The fourth-order valence-electron chi connectivity index (χ4n) is 3.94. The molecule has 0 aliphatic carbocycles. The molecular formula is C22H27N5O2. The molecule has 3 heterocycles. The lowest BCUT2D eigenvalue weighted by Crippen LogP contribution is -2.48. The average Bonchev–Trinajstić information content (AvgIpc) is 2.79. The van der Waals surface area contributed by atoms with Crippen molar-refractivity contribution in [2.24, 2.45) is 0 Å². The molecule has 2 saturated heterocycles. The van der Waals surface area contributed by atoms with Gasteiger partial charge in [0.25, 0.3) is 5.91 Å². The van der Waals surface area contributed by atoms with Gasteiger partial charge in [-0.15, -0.1) is 0 Å². The summed E-state index contributed by atoms with van der Waals surface area (Å²) >= 11 is 0. The highest BCUT2D eigenvalue weighted by atomic mass is 16.2. The molecule has 2 amide bonds. The first-order valence-electron chi connectivity index (χ1n) is 10.2. The van der Waals surface area contributed by atoms with Gasteiger partial charge in [0, 0.05) is 58.0 Å². The van der Waals surface area contributed by atoms with Crippen LogP contribution in [0.5, 0.6) is 0 Å². The summed E-state index contributed by atoms with van der Waals surface area (Å²) in [6.07, 6.45) is 2.64. The smallest absolute Gasteiger partial charge is 0.272 e. The minimum absolute atomic E-state index is 0.0636. The van der Waals surface area contributed by atoms with E-state index in [2.05, 4.69) is 46.0 Å². The molecule has 4 rings (SSSR count). The third-order valence-electron chi connectivity index (χ3n) is 5.73. The Morgan fingerprint density at radius 3 is 2.17 bits per heavy atom. The molecule has 7 nitrogen and oxygen atoms in total. The van der Waals surface area contributed by atoms with Gasteiger partial charge in [-0.3, -0.25) is 9.59 Å². The molecule has 0 N–H and O–H groups in total. The third kappa shape index (κ3) is 4.34. The van der Waals surface area contributed by atoms with Gasteiger partial charge in [0.05, 0.1) is 11.9 Å². The maximum Gasteiger partial charge on any atom is 0.272 e. The number of hydrogen-bond acceptors (Lipinski definition) is 5. The van der Waals surface area contributed by atoms with Crippen LogP contribution in [0.15, 0.2) is 42.6 Å². The van der Waals surface area contributed by atoms with E-state index in [1.54, 1.807) is 16.0 Å². The van der Waals surface area contributed by atoms with Gasteiger partial charge in [-0.25, -0.2) is 4.98 Å². The summed E-state index contributed by atoms with van der Waals surface area (Å²) < 4.78 is 0. The number of rotatable bonds is 4. The summed E-state index contributed by atoms with van der Waals surface area (Å²) in [6.45, 7) is 8.18. The van der Waals surface area contributed by atoms with Crippen LogP contribution in [0.25, 0.3) is 0 Å². The maximum atomic E-state index is 12.6. The van der Waals surface area contributed by atoms with Gasteiger partial charge < -0.3 is 19.6 Å². The second-order valence-corrected chi connectivity index (χ2v) is 7.65. The first-order valence-corrected chi connectivity index (χ1v) is 10.2. The lowest BCUT2D eigenvalue weighted by atomic mass is 10.2. The zero-order valence-corrected chi connectivity index (χ0v) is 16.8. The minimum Gasteiger partial charge on any atom is -0.368 e. The number of piperazine rings is 2. The maximum absolute atomic E-state index is 12.6. The highest BCUT2D eigenvalue weighted by Crippen LogP contribution is 2.21.